The molecule has 0 fully saturated rings. The Morgan fingerprint density at radius 3 is 1.76 bits per heavy atom. The van der Waals surface area contributed by atoms with Crippen molar-refractivity contribution in [2.75, 3.05) is 0 Å². The molecule has 1 heterocycles. The number of rotatable bonds is 19. The van der Waals surface area contributed by atoms with Gasteiger partial charge in [-0.1, -0.05) is 90.9 Å². The standard InChI is InChI=1S/C30H47FN2O/c1-4-6-8-10-12-13-14-16-18-26-24-32-29(33-25-26)27-19-21-28(22-20-27)34-30(3,31)23-17-15-11-9-7-5-2/h19-22,24-25H,4-18,23H2,1-3H3. The van der Waals surface area contributed by atoms with Gasteiger partial charge in [-0.15, -0.1) is 0 Å². The molecule has 0 N–H and O–H groups in total. The summed E-state index contributed by atoms with van der Waals surface area (Å²) in [4.78, 5) is 9.09. The van der Waals surface area contributed by atoms with E-state index in [0.29, 0.717) is 18.0 Å². The lowest BCUT2D eigenvalue weighted by atomic mass is 10.1. The fourth-order valence-electron chi connectivity index (χ4n) is 4.29. The van der Waals surface area contributed by atoms with Crippen LogP contribution in [0.3, 0.4) is 0 Å². The predicted molar refractivity (Wildman–Crippen MR) is 142 cm³/mol. The second-order valence-electron chi connectivity index (χ2n) is 9.89. The monoisotopic (exact) mass is 470 g/mol. The number of aromatic nitrogens is 2. The SMILES string of the molecule is CCCCCCCCCCc1cnc(-c2ccc(OC(C)(F)CCCCCCCC)cc2)nc1. The van der Waals surface area contributed by atoms with Crippen molar-refractivity contribution in [3.8, 4) is 17.1 Å². The summed E-state index contributed by atoms with van der Waals surface area (Å²) in [7, 11) is 0. The maximum atomic E-state index is 14.8. The summed E-state index contributed by atoms with van der Waals surface area (Å²) in [6.07, 6.45) is 22.8. The maximum Gasteiger partial charge on any atom is 0.245 e. The Bertz CT molecular complexity index is 758. The van der Waals surface area contributed by atoms with Crippen molar-refractivity contribution in [2.45, 2.75) is 129 Å². The van der Waals surface area contributed by atoms with Gasteiger partial charge in [0.1, 0.15) is 5.75 Å². The van der Waals surface area contributed by atoms with Crippen LogP contribution in [0.4, 0.5) is 4.39 Å². The molecule has 1 aromatic heterocycles. The molecular weight excluding hydrogens is 423 g/mol. The molecule has 3 nitrogen and oxygen atoms in total. The van der Waals surface area contributed by atoms with Crippen molar-refractivity contribution in [3.05, 3.63) is 42.2 Å². The Labute approximate surface area is 208 Å². The third-order valence-corrected chi connectivity index (χ3v) is 6.44. The normalized spacial score (nSPS) is 13.1. The van der Waals surface area contributed by atoms with Gasteiger partial charge in [-0.05, 0) is 49.1 Å². The van der Waals surface area contributed by atoms with Crippen LogP contribution in [0, 0.1) is 0 Å². The van der Waals surface area contributed by atoms with E-state index >= 15 is 0 Å². The average Bonchev–Trinajstić information content (AvgIpc) is 2.84. The molecule has 0 spiro atoms. The molecule has 0 aliphatic heterocycles. The molecule has 0 radical (unpaired) electrons. The number of halogens is 1. The van der Waals surface area contributed by atoms with Crippen LogP contribution in [0.25, 0.3) is 11.4 Å². The van der Waals surface area contributed by atoms with Crippen molar-refractivity contribution < 1.29 is 9.13 Å². The smallest absolute Gasteiger partial charge is 0.245 e. The third kappa shape index (κ3) is 11.9. The summed E-state index contributed by atoms with van der Waals surface area (Å²) in [5, 5.41) is 0. The Hall–Kier alpha value is -1.97. The van der Waals surface area contributed by atoms with E-state index in [1.165, 1.54) is 89.5 Å². The minimum Gasteiger partial charge on any atom is -0.458 e. The topological polar surface area (TPSA) is 35.0 Å². The van der Waals surface area contributed by atoms with Crippen molar-refractivity contribution in [3.63, 3.8) is 0 Å². The minimum absolute atomic E-state index is 0.421. The van der Waals surface area contributed by atoms with Crippen LogP contribution in [-0.4, -0.2) is 15.8 Å². The second-order valence-corrected chi connectivity index (χ2v) is 9.89. The van der Waals surface area contributed by atoms with Crippen LogP contribution in [0.1, 0.15) is 123 Å². The summed E-state index contributed by atoms with van der Waals surface area (Å²) in [5.74, 6) is -0.396. The highest BCUT2D eigenvalue weighted by Gasteiger charge is 2.24. The van der Waals surface area contributed by atoms with Crippen molar-refractivity contribution in [1.82, 2.24) is 9.97 Å². The summed E-state index contributed by atoms with van der Waals surface area (Å²) in [6.45, 7) is 6.00. The first-order chi connectivity index (χ1) is 16.5. The van der Waals surface area contributed by atoms with Gasteiger partial charge in [-0.25, -0.2) is 9.97 Å². The zero-order chi connectivity index (χ0) is 24.5. The Morgan fingerprint density at radius 1 is 0.706 bits per heavy atom. The number of ether oxygens (including phenoxy) is 1. The molecule has 0 aliphatic rings. The van der Waals surface area contributed by atoms with E-state index in [0.717, 1.165) is 24.8 Å². The van der Waals surface area contributed by atoms with Crippen LogP contribution < -0.4 is 4.74 Å². The van der Waals surface area contributed by atoms with E-state index in [9.17, 15) is 4.39 Å². The molecule has 2 rings (SSSR count). The van der Waals surface area contributed by atoms with Gasteiger partial charge in [-0.2, -0.15) is 4.39 Å². The van der Waals surface area contributed by atoms with Gasteiger partial charge in [-0.3, -0.25) is 0 Å². The molecule has 1 unspecified atom stereocenters. The molecule has 2 aromatic rings. The number of alkyl halides is 1. The van der Waals surface area contributed by atoms with Crippen molar-refractivity contribution >= 4 is 0 Å². The van der Waals surface area contributed by atoms with Gasteiger partial charge in [0.25, 0.3) is 0 Å². The minimum atomic E-state index is -1.64. The van der Waals surface area contributed by atoms with Crippen molar-refractivity contribution in [1.29, 1.82) is 0 Å². The summed E-state index contributed by atoms with van der Waals surface area (Å²) in [5.41, 5.74) is 2.11. The molecular formula is C30H47FN2O. The molecule has 0 saturated carbocycles. The predicted octanol–water partition coefficient (Wildman–Crippen LogP) is 9.64. The van der Waals surface area contributed by atoms with Gasteiger partial charge in [0.2, 0.25) is 5.85 Å². The van der Waals surface area contributed by atoms with Crippen LogP contribution in [-0.2, 0) is 6.42 Å². The number of unbranched alkanes of at least 4 members (excludes halogenated alkanes) is 12. The van der Waals surface area contributed by atoms with E-state index in [-0.39, 0.29) is 0 Å². The molecule has 34 heavy (non-hydrogen) atoms. The van der Waals surface area contributed by atoms with Crippen molar-refractivity contribution in [2.24, 2.45) is 0 Å². The number of benzene rings is 1. The highest BCUT2D eigenvalue weighted by molar-refractivity contribution is 5.55. The summed E-state index contributed by atoms with van der Waals surface area (Å²) >= 11 is 0. The molecule has 1 aromatic carbocycles. The van der Waals surface area contributed by atoms with E-state index < -0.39 is 5.85 Å². The van der Waals surface area contributed by atoms with E-state index in [4.69, 9.17) is 4.74 Å². The molecule has 0 bridgehead atoms. The molecule has 0 aliphatic carbocycles. The first-order valence-electron chi connectivity index (χ1n) is 13.8. The van der Waals surface area contributed by atoms with E-state index in [1.54, 1.807) is 0 Å². The largest absolute Gasteiger partial charge is 0.458 e. The Kier molecular flexibility index (Phi) is 13.8. The van der Waals surface area contributed by atoms with Crippen LogP contribution in [0.15, 0.2) is 36.7 Å². The Balaban J connectivity index is 1.71. The van der Waals surface area contributed by atoms with Gasteiger partial charge < -0.3 is 4.74 Å². The quantitative estimate of drug-likeness (QED) is 0.192. The summed E-state index contributed by atoms with van der Waals surface area (Å²) in [6, 6.07) is 7.44. The van der Waals surface area contributed by atoms with Gasteiger partial charge in [0.05, 0.1) is 0 Å². The van der Waals surface area contributed by atoms with Gasteiger partial charge in [0.15, 0.2) is 5.82 Å². The second kappa shape index (κ2) is 16.6. The maximum absolute atomic E-state index is 14.8. The summed E-state index contributed by atoms with van der Waals surface area (Å²) < 4.78 is 20.4. The lowest BCUT2D eigenvalue weighted by molar-refractivity contribution is -0.0530. The fraction of sp³-hybridized carbons (Fsp3) is 0.667. The number of hydrogen-bond donors (Lipinski definition) is 0. The zero-order valence-electron chi connectivity index (χ0n) is 22.0. The first-order valence-corrected chi connectivity index (χ1v) is 13.8. The highest BCUT2D eigenvalue weighted by Crippen LogP contribution is 2.27. The molecule has 0 saturated heterocycles. The Morgan fingerprint density at radius 2 is 1.21 bits per heavy atom. The number of nitrogens with zero attached hydrogens (tertiary/aromatic N) is 2. The first kappa shape index (κ1) is 28.3. The third-order valence-electron chi connectivity index (χ3n) is 6.44. The zero-order valence-corrected chi connectivity index (χ0v) is 22.0. The van der Waals surface area contributed by atoms with Gasteiger partial charge in [0, 0.05) is 31.3 Å². The van der Waals surface area contributed by atoms with Crippen LogP contribution in [0.5, 0.6) is 5.75 Å². The molecule has 1 atom stereocenters. The van der Waals surface area contributed by atoms with Crippen LogP contribution >= 0.6 is 0 Å². The average molecular weight is 471 g/mol. The molecule has 190 valence electrons. The van der Waals surface area contributed by atoms with E-state index in [1.807, 2.05) is 36.7 Å². The fourth-order valence-corrected chi connectivity index (χ4v) is 4.29. The lowest BCUT2D eigenvalue weighted by Crippen LogP contribution is -2.26. The van der Waals surface area contributed by atoms with Gasteiger partial charge >= 0.3 is 0 Å². The lowest BCUT2D eigenvalue weighted by Gasteiger charge is -2.22. The number of aryl methyl sites for hydroxylation is 1. The molecule has 0 amide bonds. The van der Waals surface area contributed by atoms with Crippen LogP contribution in [0.2, 0.25) is 0 Å². The number of hydrogen-bond acceptors (Lipinski definition) is 3. The highest BCUT2D eigenvalue weighted by atomic mass is 19.2. The molecule has 4 heteroatoms. The van der Waals surface area contributed by atoms with E-state index in [2.05, 4.69) is 23.8 Å².